The van der Waals surface area contributed by atoms with Gasteiger partial charge in [-0.15, -0.1) is 11.8 Å². The molecule has 1 fully saturated rings. The van der Waals surface area contributed by atoms with E-state index in [2.05, 4.69) is 13.8 Å². The summed E-state index contributed by atoms with van der Waals surface area (Å²) in [7, 11) is 0. The molecule has 3 nitrogen and oxygen atoms in total. The molecule has 0 spiro atoms. The lowest BCUT2D eigenvalue weighted by Gasteiger charge is -2.28. The number of rotatable bonds is 7. The minimum absolute atomic E-state index is 0.0210. The summed E-state index contributed by atoms with van der Waals surface area (Å²) in [6.45, 7) is 7.09. The van der Waals surface area contributed by atoms with E-state index in [0.29, 0.717) is 24.0 Å². The predicted octanol–water partition coefficient (Wildman–Crippen LogP) is 3.79. The van der Waals surface area contributed by atoms with Crippen molar-refractivity contribution < 1.29 is 14.1 Å². The van der Waals surface area contributed by atoms with Crippen molar-refractivity contribution in [3.05, 3.63) is 70.5 Å². The topological polar surface area (TPSA) is 24.8 Å². The number of amides is 1. The van der Waals surface area contributed by atoms with Gasteiger partial charge in [0.25, 0.3) is 5.91 Å². The van der Waals surface area contributed by atoms with Crippen LogP contribution in [0.2, 0.25) is 5.02 Å². The number of nitrogens with zero attached hydrogens (tertiary/aromatic N) is 1. The Bertz CT molecular complexity index is 799. The highest BCUT2D eigenvalue weighted by Gasteiger charge is 2.33. The first-order chi connectivity index (χ1) is 13.4. The van der Waals surface area contributed by atoms with Crippen LogP contribution < -0.4 is 4.90 Å². The quantitative estimate of drug-likeness (QED) is 0.735. The highest BCUT2D eigenvalue weighted by Crippen LogP contribution is 2.40. The van der Waals surface area contributed by atoms with Gasteiger partial charge >= 0.3 is 0 Å². The molecular weight excluding hydrogens is 395 g/mol. The summed E-state index contributed by atoms with van der Waals surface area (Å²) in [4.78, 5) is 16.3. The molecule has 1 saturated heterocycles. The Morgan fingerprint density at radius 1 is 1.25 bits per heavy atom. The van der Waals surface area contributed by atoms with E-state index < -0.39 is 0 Å². The monoisotopic (exact) mass is 421 g/mol. The maximum atomic E-state index is 13.2. The molecule has 3 rings (SSSR count). The van der Waals surface area contributed by atoms with Gasteiger partial charge in [0.1, 0.15) is 17.7 Å². The van der Waals surface area contributed by atoms with Gasteiger partial charge in [-0.3, -0.25) is 4.79 Å². The van der Waals surface area contributed by atoms with Gasteiger partial charge in [0.2, 0.25) is 0 Å². The Morgan fingerprint density at radius 2 is 1.96 bits per heavy atom. The van der Waals surface area contributed by atoms with Gasteiger partial charge in [-0.05, 0) is 18.2 Å². The maximum Gasteiger partial charge on any atom is 0.278 e. The van der Waals surface area contributed by atoms with E-state index in [1.54, 1.807) is 23.9 Å². The molecule has 2 aromatic rings. The Kier molecular flexibility index (Phi) is 7.38. The normalized spacial score (nSPS) is 17.9. The number of carbonyl (C=O) groups excluding carboxylic acids is 1. The number of carbonyl (C=O) groups is 1. The first-order valence-corrected chi connectivity index (χ1v) is 11.1. The minimum atomic E-state index is -0.234. The van der Waals surface area contributed by atoms with Gasteiger partial charge in [-0.25, -0.2) is 4.39 Å². The molecule has 1 aliphatic rings. The molecule has 0 bridgehead atoms. The van der Waals surface area contributed by atoms with Crippen molar-refractivity contribution in [2.75, 3.05) is 25.4 Å². The van der Waals surface area contributed by atoms with Crippen LogP contribution in [0.5, 0.6) is 0 Å². The van der Waals surface area contributed by atoms with Crippen molar-refractivity contribution in [1.82, 2.24) is 4.90 Å². The molecule has 2 atom stereocenters. The zero-order chi connectivity index (χ0) is 20.1. The van der Waals surface area contributed by atoms with Crippen LogP contribution in [-0.4, -0.2) is 36.2 Å². The molecule has 0 aromatic heterocycles. The number of thioether (sulfide) groups is 1. The average molecular weight is 422 g/mol. The lowest BCUT2D eigenvalue weighted by atomic mass is 10.1. The van der Waals surface area contributed by atoms with Crippen LogP contribution in [0.25, 0.3) is 0 Å². The predicted molar refractivity (Wildman–Crippen MR) is 114 cm³/mol. The van der Waals surface area contributed by atoms with E-state index in [1.165, 1.54) is 17.0 Å². The fourth-order valence-electron chi connectivity index (χ4n) is 3.65. The van der Waals surface area contributed by atoms with Crippen molar-refractivity contribution in [2.24, 2.45) is 5.92 Å². The molecule has 150 valence electrons. The highest BCUT2D eigenvalue weighted by atomic mass is 35.5. The molecule has 1 amide bonds. The molecule has 1 unspecified atom stereocenters. The van der Waals surface area contributed by atoms with Crippen molar-refractivity contribution >= 4 is 29.3 Å². The van der Waals surface area contributed by atoms with Crippen molar-refractivity contribution in [3.8, 4) is 0 Å². The van der Waals surface area contributed by atoms with Gasteiger partial charge in [-0.1, -0.05) is 55.8 Å². The molecule has 0 saturated carbocycles. The summed E-state index contributed by atoms with van der Waals surface area (Å²) in [5, 5.41) is 0.685. The van der Waals surface area contributed by atoms with Crippen LogP contribution in [0.1, 0.15) is 30.3 Å². The van der Waals surface area contributed by atoms with Crippen molar-refractivity contribution in [3.63, 3.8) is 0 Å². The first kappa shape index (κ1) is 21.2. The highest BCUT2D eigenvalue weighted by molar-refractivity contribution is 7.99. The van der Waals surface area contributed by atoms with Gasteiger partial charge < -0.3 is 9.80 Å². The first-order valence-electron chi connectivity index (χ1n) is 9.67. The van der Waals surface area contributed by atoms with Crippen LogP contribution in [0.3, 0.4) is 0 Å². The fraction of sp³-hybridized carbons (Fsp3) is 0.409. The number of quaternary nitrogens is 1. The van der Waals surface area contributed by atoms with Gasteiger partial charge in [0.15, 0.2) is 6.54 Å². The standard InChI is InChI=1S/C22H26ClFN2OS/c1-16(2)13-25(14-17-7-9-18(24)10-8-17)15-21(27)26-11-12-28-22(26)19-5-3-4-6-20(19)23/h3-10,16,22H,11-15H2,1-2H3/p+1/t22-/m1/s1. The lowest BCUT2D eigenvalue weighted by Crippen LogP contribution is -3.12. The smallest absolute Gasteiger partial charge is 0.278 e. The van der Waals surface area contributed by atoms with Gasteiger partial charge in [0.05, 0.1) is 6.54 Å². The summed E-state index contributed by atoms with van der Waals surface area (Å²) >= 11 is 8.14. The molecular formula is C22H27ClFN2OS+. The minimum Gasteiger partial charge on any atom is -0.323 e. The van der Waals surface area contributed by atoms with Crippen molar-refractivity contribution in [2.45, 2.75) is 25.8 Å². The van der Waals surface area contributed by atoms with Gasteiger partial charge in [-0.2, -0.15) is 0 Å². The lowest BCUT2D eigenvalue weighted by molar-refractivity contribution is -0.909. The maximum absolute atomic E-state index is 13.2. The third-order valence-electron chi connectivity index (χ3n) is 4.85. The third-order valence-corrected chi connectivity index (χ3v) is 6.43. The molecule has 1 N–H and O–H groups in total. The third kappa shape index (κ3) is 5.49. The fourth-order valence-corrected chi connectivity index (χ4v) is 5.27. The Labute approximate surface area is 175 Å². The van der Waals surface area contributed by atoms with Crippen LogP contribution in [0.15, 0.2) is 48.5 Å². The number of halogens is 2. The van der Waals surface area contributed by atoms with E-state index in [9.17, 15) is 9.18 Å². The van der Waals surface area contributed by atoms with Gasteiger partial charge in [0, 0.05) is 34.4 Å². The summed E-state index contributed by atoms with van der Waals surface area (Å²) in [5.74, 6) is 1.30. The van der Waals surface area contributed by atoms with Crippen LogP contribution >= 0.6 is 23.4 Å². The SMILES string of the molecule is CC(C)C[NH+](CC(=O)N1CCS[C@@H]1c1ccccc1Cl)Cc1ccc(F)cc1. The van der Waals surface area contributed by atoms with Crippen molar-refractivity contribution in [1.29, 1.82) is 0 Å². The Balaban J connectivity index is 1.71. The average Bonchev–Trinajstić information content (AvgIpc) is 3.13. The summed E-state index contributed by atoms with van der Waals surface area (Å²) in [6.07, 6.45) is 0. The molecule has 28 heavy (non-hydrogen) atoms. The zero-order valence-corrected chi connectivity index (χ0v) is 17.9. The number of hydrogen-bond donors (Lipinski definition) is 1. The van der Waals surface area contributed by atoms with E-state index in [4.69, 9.17) is 11.6 Å². The zero-order valence-electron chi connectivity index (χ0n) is 16.3. The number of hydrogen-bond acceptors (Lipinski definition) is 2. The molecule has 0 radical (unpaired) electrons. The van der Waals surface area contributed by atoms with Crippen LogP contribution in [0, 0.1) is 11.7 Å². The van der Waals surface area contributed by atoms with E-state index >= 15 is 0 Å². The second kappa shape index (κ2) is 9.77. The number of benzene rings is 2. The Hall–Kier alpha value is -1.56. The van der Waals surface area contributed by atoms with E-state index in [0.717, 1.165) is 30.0 Å². The molecule has 2 aromatic carbocycles. The second-order valence-corrected chi connectivity index (χ2v) is 9.26. The summed E-state index contributed by atoms with van der Waals surface area (Å²) in [6, 6.07) is 14.3. The Morgan fingerprint density at radius 3 is 2.64 bits per heavy atom. The second-order valence-electron chi connectivity index (χ2n) is 7.66. The van der Waals surface area contributed by atoms with Crippen LogP contribution in [-0.2, 0) is 11.3 Å². The van der Waals surface area contributed by atoms with E-state index in [1.807, 2.05) is 29.2 Å². The molecule has 1 aliphatic heterocycles. The summed E-state index contributed by atoms with van der Waals surface area (Å²) < 4.78 is 13.2. The molecule has 1 heterocycles. The largest absolute Gasteiger partial charge is 0.323 e. The number of nitrogens with one attached hydrogen (secondary N) is 1. The van der Waals surface area contributed by atoms with E-state index in [-0.39, 0.29) is 17.1 Å². The molecule has 6 heteroatoms. The summed E-state index contributed by atoms with van der Waals surface area (Å²) in [5.41, 5.74) is 2.05. The van der Waals surface area contributed by atoms with Crippen LogP contribution in [0.4, 0.5) is 4.39 Å². The molecule has 0 aliphatic carbocycles.